The molecule has 3 rings (SSSR count). The number of rotatable bonds is 14. The van der Waals surface area contributed by atoms with Crippen molar-refractivity contribution in [3.8, 4) is 5.75 Å². The van der Waals surface area contributed by atoms with Gasteiger partial charge in [-0.3, -0.25) is 9.59 Å². The number of hydrogen-bond donors (Lipinski definition) is 2. The fourth-order valence-corrected chi connectivity index (χ4v) is 4.51. The summed E-state index contributed by atoms with van der Waals surface area (Å²) in [6.45, 7) is 18.0. The first-order valence-corrected chi connectivity index (χ1v) is 14.7. The summed E-state index contributed by atoms with van der Waals surface area (Å²) in [6, 6.07) is 11.6. The van der Waals surface area contributed by atoms with Crippen molar-refractivity contribution in [3.63, 3.8) is 0 Å². The van der Waals surface area contributed by atoms with Crippen LogP contribution in [0, 0.1) is 16.7 Å². The zero-order chi connectivity index (χ0) is 30.3. The summed E-state index contributed by atoms with van der Waals surface area (Å²) in [6.07, 6.45) is 3.43. The predicted octanol–water partition coefficient (Wildman–Crippen LogP) is 6.20. The molecule has 8 nitrogen and oxygen atoms in total. The van der Waals surface area contributed by atoms with Gasteiger partial charge in [0.05, 0.1) is 31.2 Å². The molecule has 1 atom stereocenters. The Hall–Kier alpha value is -3.13. The van der Waals surface area contributed by atoms with Crippen LogP contribution in [0.2, 0.25) is 0 Å². The molecule has 0 fully saturated rings. The quantitative estimate of drug-likeness (QED) is 0.262. The molecular weight excluding hydrogens is 518 g/mol. The highest BCUT2D eigenvalue weighted by Gasteiger charge is 2.36. The number of pyridine rings is 1. The highest BCUT2D eigenvalue weighted by atomic mass is 16.5. The number of carboxylic acids is 1. The van der Waals surface area contributed by atoms with Crippen molar-refractivity contribution in [1.29, 1.82) is 0 Å². The SMILES string of the molecule is CC(C)(CCN1Cc2cc(OCCCNc3ccccn3)ccc2C[C@@H](CC(=O)O)C1=O)OCC(C)(C)C(C)(C)C. The van der Waals surface area contributed by atoms with Gasteiger partial charge in [-0.05, 0) is 79.3 Å². The maximum Gasteiger partial charge on any atom is 0.304 e. The molecule has 2 aromatic rings. The number of carboxylic acid groups (broad SMARTS) is 1. The van der Waals surface area contributed by atoms with Crippen molar-refractivity contribution in [1.82, 2.24) is 9.88 Å². The number of fused-ring (bicyclic) bond motifs is 1. The number of aliphatic carboxylic acids is 1. The number of anilines is 1. The molecule has 1 aromatic carbocycles. The Bertz CT molecular complexity index is 1160. The fraction of sp³-hybridized carbons (Fsp3) is 0.606. The smallest absolute Gasteiger partial charge is 0.304 e. The van der Waals surface area contributed by atoms with Crippen molar-refractivity contribution in [2.45, 2.75) is 86.3 Å². The molecule has 0 saturated carbocycles. The molecule has 8 heteroatoms. The molecule has 226 valence electrons. The van der Waals surface area contributed by atoms with E-state index in [4.69, 9.17) is 9.47 Å². The summed E-state index contributed by atoms with van der Waals surface area (Å²) >= 11 is 0. The minimum Gasteiger partial charge on any atom is -0.494 e. The van der Waals surface area contributed by atoms with Gasteiger partial charge in [0.2, 0.25) is 5.91 Å². The first-order valence-electron chi connectivity index (χ1n) is 14.7. The van der Waals surface area contributed by atoms with Crippen LogP contribution in [0.4, 0.5) is 5.82 Å². The Morgan fingerprint density at radius 3 is 2.51 bits per heavy atom. The van der Waals surface area contributed by atoms with E-state index in [1.165, 1.54) is 0 Å². The van der Waals surface area contributed by atoms with Crippen molar-refractivity contribution in [2.75, 3.05) is 31.6 Å². The number of ether oxygens (including phenoxy) is 2. The maximum absolute atomic E-state index is 13.5. The van der Waals surface area contributed by atoms with Gasteiger partial charge in [0.1, 0.15) is 11.6 Å². The topological polar surface area (TPSA) is 101 Å². The standard InChI is InChI=1S/C33H49N3O5/c1-31(2,3)32(4,5)23-41-33(6,7)14-17-36-22-26-20-27(40-18-10-16-35-28-11-8-9-15-34-28)13-12-24(26)19-25(30(36)39)21-29(37)38/h8-9,11-13,15,20,25H,10,14,16-19,21-23H2,1-7H3,(H,34,35)(H,37,38)/t25-/m0/s1. The lowest BCUT2D eigenvalue weighted by molar-refractivity contribution is -0.145. The van der Waals surface area contributed by atoms with Crippen LogP contribution in [-0.2, 0) is 27.3 Å². The molecule has 0 unspecified atom stereocenters. The number of nitrogens with zero attached hydrogens (tertiary/aromatic N) is 2. The van der Waals surface area contributed by atoms with E-state index in [2.05, 4.69) is 58.8 Å². The molecule has 0 bridgehead atoms. The Labute approximate surface area is 245 Å². The van der Waals surface area contributed by atoms with Crippen molar-refractivity contribution >= 4 is 17.7 Å². The van der Waals surface area contributed by atoms with E-state index < -0.39 is 17.5 Å². The molecule has 2 heterocycles. The summed E-state index contributed by atoms with van der Waals surface area (Å²) in [7, 11) is 0. The van der Waals surface area contributed by atoms with E-state index >= 15 is 0 Å². The number of amides is 1. The summed E-state index contributed by atoms with van der Waals surface area (Å²) in [5, 5.41) is 12.8. The number of aromatic nitrogens is 1. The normalized spacial score (nSPS) is 16.2. The summed E-state index contributed by atoms with van der Waals surface area (Å²) < 4.78 is 12.4. The highest BCUT2D eigenvalue weighted by molar-refractivity contribution is 5.84. The van der Waals surface area contributed by atoms with E-state index in [-0.39, 0.29) is 23.2 Å². The van der Waals surface area contributed by atoms with Gasteiger partial charge in [-0.25, -0.2) is 4.98 Å². The Morgan fingerprint density at radius 1 is 1.10 bits per heavy atom. The lowest BCUT2D eigenvalue weighted by Gasteiger charge is -2.41. The van der Waals surface area contributed by atoms with Gasteiger partial charge < -0.3 is 24.8 Å². The lowest BCUT2D eigenvalue weighted by atomic mass is 9.70. The Kier molecular flexibility index (Phi) is 10.8. The summed E-state index contributed by atoms with van der Waals surface area (Å²) in [5.41, 5.74) is 1.64. The number of hydrogen-bond acceptors (Lipinski definition) is 6. The van der Waals surface area contributed by atoms with E-state index in [1.807, 2.05) is 36.4 Å². The van der Waals surface area contributed by atoms with Gasteiger partial charge in [-0.1, -0.05) is 46.8 Å². The van der Waals surface area contributed by atoms with Crippen LogP contribution in [0.1, 0.15) is 78.9 Å². The summed E-state index contributed by atoms with van der Waals surface area (Å²) in [4.78, 5) is 31.2. The third-order valence-corrected chi connectivity index (χ3v) is 8.49. The zero-order valence-corrected chi connectivity index (χ0v) is 26.0. The third kappa shape index (κ3) is 9.73. The molecule has 1 aliphatic rings. The molecule has 0 aliphatic carbocycles. The number of carbonyl (C=O) groups excluding carboxylic acids is 1. The molecule has 0 radical (unpaired) electrons. The molecule has 0 spiro atoms. The average molecular weight is 568 g/mol. The van der Waals surface area contributed by atoms with Gasteiger partial charge in [0.25, 0.3) is 0 Å². The van der Waals surface area contributed by atoms with Crippen molar-refractivity contribution < 1.29 is 24.2 Å². The van der Waals surface area contributed by atoms with Crippen LogP contribution in [-0.4, -0.2) is 58.8 Å². The third-order valence-electron chi connectivity index (χ3n) is 8.49. The van der Waals surface area contributed by atoms with Crippen molar-refractivity contribution in [2.24, 2.45) is 16.7 Å². The minimum atomic E-state index is -0.959. The van der Waals surface area contributed by atoms with Gasteiger partial charge in [0, 0.05) is 25.8 Å². The first kappa shape index (κ1) is 32.4. The Morgan fingerprint density at radius 2 is 1.85 bits per heavy atom. The molecule has 0 saturated heterocycles. The molecule has 2 N–H and O–H groups in total. The first-order chi connectivity index (χ1) is 19.2. The number of carbonyl (C=O) groups is 2. The minimum absolute atomic E-state index is 0.0148. The molecular formula is C33H49N3O5. The van der Waals surface area contributed by atoms with Crippen LogP contribution < -0.4 is 10.1 Å². The summed E-state index contributed by atoms with van der Waals surface area (Å²) in [5.74, 6) is -0.0814. The van der Waals surface area contributed by atoms with Crippen LogP contribution in [0.15, 0.2) is 42.6 Å². The Balaban J connectivity index is 1.65. The maximum atomic E-state index is 13.5. The largest absolute Gasteiger partial charge is 0.494 e. The molecule has 41 heavy (non-hydrogen) atoms. The van der Waals surface area contributed by atoms with Crippen molar-refractivity contribution in [3.05, 3.63) is 53.7 Å². The van der Waals surface area contributed by atoms with Gasteiger partial charge in [-0.2, -0.15) is 0 Å². The van der Waals surface area contributed by atoms with E-state index in [0.717, 1.165) is 35.7 Å². The van der Waals surface area contributed by atoms with Crippen LogP contribution in [0.3, 0.4) is 0 Å². The van der Waals surface area contributed by atoms with Gasteiger partial charge >= 0.3 is 5.97 Å². The second-order valence-corrected chi connectivity index (χ2v) is 13.5. The van der Waals surface area contributed by atoms with Crippen LogP contribution in [0.25, 0.3) is 0 Å². The second-order valence-electron chi connectivity index (χ2n) is 13.5. The fourth-order valence-electron chi connectivity index (χ4n) is 4.51. The van der Waals surface area contributed by atoms with Crippen LogP contribution >= 0.6 is 0 Å². The number of nitrogens with one attached hydrogen (secondary N) is 1. The van der Waals surface area contributed by atoms with E-state index in [9.17, 15) is 14.7 Å². The molecule has 1 aromatic heterocycles. The average Bonchev–Trinajstić information content (AvgIpc) is 3.02. The second kappa shape index (κ2) is 13.7. The van der Waals surface area contributed by atoms with E-state index in [0.29, 0.717) is 39.1 Å². The van der Waals surface area contributed by atoms with E-state index in [1.54, 1.807) is 11.1 Å². The van der Waals surface area contributed by atoms with Gasteiger partial charge in [-0.15, -0.1) is 0 Å². The molecule has 1 amide bonds. The lowest BCUT2D eigenvalue weighted by Crippen LogP contribution is -2.41. The van der Waals surface area contributed by atoms with Gasteiger partial charge in [0.15, 0.2) is 0 Å². The monoisotopic (exact) mass is 567 g/mol. The zero-order valence-electron chi connectivity index (χ0n) is 26.0. The predicted molar refractivity (Wildman–Crippen MR) is 162 cm³/mol. The van der Waals surface area contributed by atoms with Crippen LogP contribution in [0.5, 0.6) is 5.75 Å². The highest BCUT2D eigenvalue weighted by Crippen LogP contribution is 2.39. The number of benzene rings is 1. The molecule has 1 aliphatic heterocycles.